The second kappa shape index (κ2) is 8.78. The van der Waals surface area contributed by atoms with Crippen LogP contribution in [-0.2, 0) is 16.0 Å². The number of nitrogens with one attached hydrogen (secondary N) is 3. The van der Waals surface area contributed by atoms with Crippen molar-refractivity contribution in [1.29, 1.82) is 0 Å². The van der Waals surface area contributed by atoms with Crippen LogP contribution < -0.4 is 20.1 Å². The summed E-state index contributed by atoms with van der Waals surface area (Å²) in [5.74, 6) is 1.05. The molecule has 0 unspecified atom stereocenters. The minimum Gasteiger partial charge on any atom is -0.454 e. The van der Waals surface area contributed by atoms with E-state index in [2.05, 4.69) is 21.7 Å². The number of carbonyl (C=O) groups excluding carboxylic acids is 2. The Hall–Kier alpha value is -3.52. The van der Waals surface area contributed by atoms with E-state index < -0.39 is 12.1 Å². The highest BCUT2D eigenvalue weighted by Crippen LogP contribution is 2.43. The third-order valence-electron chi connectivity index (χ3n) is 6.31. The van der Waals surface area contributed by atoms with Crippen LogP contribution in [-0.4, -0.2) is 54.2 Å². The largest absolute Gasteiger partial charge is 0.454 e. The molecule has 0 saturated heterocycles. The summed E-state index contributed by atoms with van der Waals surface area (Å²) in [6.07, 6.45) is 0.449. The van der Waals surface area contributed by atoms with Crippen LogP contribution in [0.2, 0.25) is 0 Å². The van der Waals surface area contributed by atoms with E-state index in [4.69, 9.17) is 9.47 Å². The maximum absolute atomic E-state index is 13.5. The van der Waals surface area contributed by atoms with Crippen molar-refractivity contribution < 1.29 is 19.1 Å². The number of H-pyrrole nitrogens is 1. The van der Waals surface area contributed by atoms with Gasteiger partial charge < -0.3 is 30.0 Å². The predicted molar refractivity (Wildman–Crippen MR) is 124 cm³/mol. The average molecular weight is 449 g/mol. The normalized spacial score (nSPS) is 18.9. The molecule has 3 heterocycles. The summed E-state index contributed by atoms with van der Waals surface area (Å²) in [5.41, 5.74) is 3.85. The van der Waals surface area contributed by atoms with Gasteiger partial charge in [0.25, 0.3) is 0 Å². The van der Waals surface area contributed by atoms with E-state index in [0.717, 1.165) is 27.7 Å². The van der Waals surface area contributed by atoms with E-state index >= 15 is 0 Å². The van der Waals surface area contributed by atoms with Gasteiger partial charge >= 0.3 is 0 Å². The number of rotatable bonds is 6. The van der Waals surface area contributed by atoms with Gasteiger partial charge in [0.2, 0.25) is 18.6 Å². The van der Waals surface area contributed by atoms with Gasteiger partial charge in [0.05, 0.1) is 12.6 Å². The molecule has 3 N–H and O–H groups in total. The molecule has 0 bridgehead atoms. The van der Waals surface area contributed by atoms with Crippen LogP contribution in [0.25, 0.3) is 10.9 Å². The van der Waals surface area contributed by atoms with Crippen LogP contribution in [0.1, 0.15) is 36.7 Å². The first kappa shape index (κ1) is 21.3. The molecule has 8 heteroatoms. The number of aromatic nitrogens is 1. The number of amides is 2. The number of para-hydroxylation sites is 1. The number of carbonyl (C=O) groups is 2. The molecular weight excluding hydrogens is 420 g/mol. The lowest BCUT2D eigenvalue weighted by atomic mass is 9.87. The van der Waals surface area contributed by atoms with Gasteiger partial charge in [-0.25, -0.2) is 0 Å². The minimum absolute atomic E-state index is 0.125. The molecule has 0 aliphatic carbocycles. The average Bonchev–Trinajstić information content (AvgIpc) is 3.45. The van der Waals surface area contributed by atoms with Crippen molar-refractivity contribution in [3.8, 4) is 11.5 Å². The third-order valence-corrected chi connectivity index (χ3v) is 6.31. The van der Waals surface area contributed by atoms with E-state index in [0.29, 0.717) is 31.0 Å². The fourth-order valence-electron chi connectivity index (χ4n) is 4.85. The molecular formula is C25H28N4O4. The first-order valence-electron chi connectivity index (χ1n) is 11.4. The van der Waals surface area contributed by atoms with Crippen molar-refractivity contribution in [3.63, 3.8) is 0 Å². The monoisotopic (exact) mass is 448 g/mol. The van der Waals surface area contributed by atoms with Crippen LogP contribution in [0.4, 0.5) is 0 Å². The fourth-order valence-corrected chi connectivity index (χ4v) is 4.85. The zero-order valence-electron chi connectivity index (χ0n) is 18.8. The number of fused-ring (bicyclic) bond motifs is 4. The SMILES string of the molecule is CCNCC(=O)N1[C@H](c2ccc3c(c2)OCO3)c2[nH]c3ccccc3c2C[C@@H]1C(=O)NCC. The van der Waals surface area contributed by atoms with Gasteiger partial charge in [-0.1, -0.05) is 31.2 Å². The molecule has 172 valence electrons. The summed E-state index contributed by atoms with van der Waals surface area (Å²) in [6.45, 7) is 5.33. The van der Waals surface area contributed by atoms with E-state index in [9.17, 15) is 9.59 Å². The standard InChI is InChI=1S/C25H28N4O4/c1-3-26-13-22(30)29-19(25(31)27-4-2)12-17-16-7-5-6-8-18(16)28-23(17)24(29)15-9-10-20-21(11-15)33-14-32-20/h5-11,19,24,26,28H,3-4,12-14H2,1-2H3,(H,27,31)/t19-,24-/m1/s1. The Morgan fingerprint density at radius 2 is 1.91 bits per heavy atom. The van der Waals surface area contributed by atoms with Gasteiger partial charge in [0, 0.05) is 29.6 Å². The molecule has 8 nitrogen and oxygen atoms in total. The lowest BCUT2D eigenvalue weighted by Gasteiger charge is -2.41. The molecule has 3 aromatic rings. The molecule has 0 radical (unpaired) electrons. The first-order valence-corrected chi connectivity index (χ1v) is 11.4. The van der Waals surface area contributed by atoms with Crippen LogP contribution >= 0.6 is 0 Å². The highest BCUT2D eigenvalue weighted by atomic mass is 16.7. The van der Waals surface area contributed by atoms with Gasteiger partial charge in [-0.3, -0.25) is 9.59 Å². The Balaban J connectivity index is 1.70. The molecule has 0 saturated carbocycles. The Morgan fingerprint density at radius 3 is 2.73 bits per heavy atom. The van der Waals surface area contributed by atoms with Gasteiger partial charge in [0.15, 0.2) is 11.5 Å². The highest BCUT2D eigenvalue weighted by Gasteiger charge is 2.43. The third kappa shape index (κ3) is 3.70. The molecule has 5 rings (SSSR count). The second-order valence-corrected chi connectivity index (χ2v) is 8.27. The number of hydrogen-bond acceptors (Lipinski definition) is 5. The number of benzene rings is 2. The number of ether oxygens (including phenoxy) is 2. The number of aromatic amines is 1. The van der Waals surface area contributed by atoms with Gasteiger partial charge in [-0.15, -0.1) is 0 Å². The summed E-state index contributed by atoms with van der Waals surface area (Å²) in [4.78, 5) is 32.0. The maximum atomic E-state index is 13.5. The molecule has 2 aromatic carbocycles. The van der Waals surface area contributed by atoms with Crippen molar-refractivity contribution >= 4 is 22.7 Å². The molecule has 2 amide bonds. The van der Waals surface area contributed by atoms with Crippen LogP contribution in [0.15, 0.2) is 42.5 Å². The lowest BCUT2D eigenvalue weighted by Crippen LogP contribution is -2.56. The van der Waals surface area contributed by atoms with Crippen molar-refractivity contribution in [1.82, 2.24) is 20.5 Å². The Labute approximate surface area is 192 Å². The van der Waals surface area contributed by atoms with Crippen LogP contribution in [0.5, 0.6) is 11.5 Å². The van der Waals surface area contributed by atoms with Crippen molar-refractivity contribution in [2.75, 3.05) is 26.4 Å². The van der Waals surface area contributed by atoms with Crippen LogP contribution in [0.3, 0.4) is 0 Å². The maximum Gasteiger partial charge on any atom is 0.243 e. The van der Waals surface area contributed by atoms with E-state index in [1.165, 1.54) is 0 Å². The van der Waals surface area contributed by atoms with Gasteiger partial charge in [0.1, 0.15) is 6.04 Å². The molecule has 2 aliphatic rings. The number of nitrogens with zero attached hydrogens (tertiary/aromatic N) is 1. The highest BCUT2D eigenvalue weighted by molar-refractivity contribution is 5.93. The van der Waals surface area contributed by atoms with E-state index in [1.807, 2.05) is 50.2 Å². The molecule has 2 atom stereocenters. The lowest BCUT2D eigenvalue weighted by molar-refractivity contribution is -0.142. The topological polar surface area (TPSA) is 95.7 Å². The predicted octanol–water partition coefficient (Wildman–Crippen LogP) is 2.48. The van der Waals surface area contributed by atoms with Crippen LogP contribution in [0, 0.1) is 0 Å². The molecule has 1 aromatic heterocycles. The molecule has 0 fully saturated rings. The first-order chi connectivity index (χ1) is 16.1. The van der Waals surface area contributed by atoms with E-state index in [1.54, 1.807) is 4.90 Å². The minimum atomic E-state index is -0.627. The molecule has 0 spiro atoms. The van der Waals surface area contributed by atoms with Crippen molar-refractivity contribution in [2.24, 2.45) is 0 Å². The summed E-state index contributed by atoms with van der Waals surface area (Å²) in [5, 5.41) is 7.13. The quantitative estimate of drug-likeness (QED) is 0.539. The smallest absolute Gasteiger partial charge is 0.243 e. The Kier molecular flexibility index (Phi) is 5.68. The number of likely N-dealkylation sites (N-methyl/N-ethyl adjacent to an activating group) is 2. The summed E-state index contributed by atoms with van der Waals surface area (Å²) in [7, 11) is 0. The second-order valence-electron chi connectivity index (χ2n) is 8.27. The molecule has 2 aliphatic heterocycles. The zero-order valence-corrected chi connectivity index (χ0v) is 18.8. The Morgan fingerprint density at radius 1 is 1.09 bits per heavy atom. The number of hydrogen-bond donors (Lipinski definition) is 3. The van der Waals surface area contributed by atoms with Gasteiger partial charge in [-0.05, 0) is 42.8 Å². The summed E-state index contributed by atoms with van der Waals surface area (Å²) >= 11 is 0. The van der Waals surface area contributed by atoms with Gasteiger partial charge in [-0.2, -0.15) is 0 Å². The Bertz CT molecular complexity index is 1200. The van der Waals surface area contributed by atoms with Crippen molar-refractivity contribution in [3.05, 3.63) is 59.3 Å². The summed E-state index contributed by atoms with van der Waals surface area (Å²) in [6, 6.07) is 12.7. The molecule has 33 heavy (non-hydrogen) atoms. The fraction of sp³-hybridized carbons (Fsp3) is 0.360. The summed E-state index contributed by atoms with van der Waals surface area (Å²) < 4.78 is 11.1. The van der Waals surface area contributed by atoms with E-state index in [-0.39, 0.29) is 25.2 Å². The van der Waals surface area contributed by atoms with Crippen molar-refractivity contribution in [2.45, 2.75) is 32.4 Å². The zero-order chi connectivity index (χ0) is 22.9.